The van der Waals surface area contributed by atoms with E-state index in [2.05, 4.69) is 10.2 Å². The molecule has 108 valence electrons. The zero-order valence-electron chi connectivity index (χ0n) is 10.7. The van der Waals surface area contributed by atoms with Crippen LogP contribution in [0.1, 0.15) is 5.56 Å². The maximum absolute atomic E-state index is 10.9. The SMILES string of the molecule is Cc1cc(Cl)c(O)c(/N=N/c2ccc(Cl)cc2[N+](=O)[O-])c1. The molecule has 0 unspecified atom stereocenters. The van der Waals surface area contributed by atoms with Gasteiger partial charge in [-0.25, -0.2) is 0 Å². The average Bonchev–Trinajstić information content (AvgIpc) is 2.42. The molecule has 0 aliphatic rings. The van der Waals surface area contributed by atoms with Gasteiger partial charge >= 0.3 is 0 Å². The van der Waals surface area contributed by atoms with Crippen molar-refractivity contribution < 1.29 is 10.0 Å². The van der Waals surface area contributed by atoms with Crippen molar-refractivity contribution in [2.45, 2.75) is 6.92 Å². The van der Waals surface area contributed by atoms with Crippen LogP contribution in [0.3, 0.4) is 0 Å². The molecule has 1 N–H and O–H groups in total. The summed E-state index contributed by atoms with van der Waals surface area (Å²) in [7, 11) is 0. The number of rotatable bonds is 3. The Morgan fingerprint density at radius 3 is 2.48 bits per heavy atom. The molecule has 2 rings (SSSR count). The van der Waals surface area contributed by atoms with Gasteiger partial charge in [0.05, 0.1) is 9.95 Å². The van der Waals surface area contributed by atoms with Crippen LogP contribution in [0, 0.1) is 17.0 Å². The number of nitro groups is 1. The van der Waals surface area contributed by atoms with E-state index in [0.29, 0.717) is 0 Å². The summed E-state index contributed by atoms with van der Waals surface area (Å²) >= 11 is 11.5. The van der Waals surface area contributed by atoms with Crippen molar-refractivity contribution in [2.24, 2.45) is 10.2 Å². The van der Waals surface area contributed by atoms with Gasteiger partial charge in [-0.15, -0.1) is 10.2 Å². The molecule has 2 aromatic carbocycles. The molecule has 8 heteroatoms. The topological polar surface area (TPSA) is 88.1 Å². The quantitative estimate of drug-likeness (QED) is 0.469. The first kappa shape index (κ1) is 15.2. The van der Waals surface area contributed by atoms with Gasteiger partial charge in [-0.2, -0.15) is 0 Å². The fourth-order valence-corrected chi connectivity index (χ4v) is 2.06. The number of azo groups is 1. The molecular formula is C13H9Cl2N3O3. The van der Waals surface area contributed by atoms with E-state index in [1.54, 1.807) is 19.1 Å². The molecule has 0 saturated heterocycles. The normalized spacial score (nSPS) is 11.0. The summed E-state index contributed by atoms with van der Waals surface area (Å²) in [5, 5.41) is 28.7. The van der Waals surface area contributed by atoms with Crippen LogP contribution >= 0.6 is 23.2 Å². The third kappa shape index (κ3) is 3.48. The van der Waals surface area contributed by atoms with Crippen LogP contribution in [0.15, 0.2) is 40.6 Å². The van der Waals surface area contributed by atoms with Gasteiger partial charge in [0, 0.05) is 11.1 Å². The van der Waals surface area contributed by atoms with E-state index >= 15 is 0 Å². The minimum Gasteiger partial charge on any atom is -0.504 e. The highest BCUT2D eigenvalue weighted by Crippen LogP contribution is 2.37. The first-order chi connectivity index (χ1) is 9.88. The van der Waals surface area contributed by atoms with E-state index in [1.165, 1.54) is 18.2 Å². The van der Waals surface area contributed by atoms with Gasteiger partial charge in [0.25, 0.3) is 5.69 Å². The Kier molecular flexibility index (Phi) is 4.40. The number of aryl methyl sites for hydroxylation is 1. The Hall–Kier alpha value is -2.18. The van der Waals surface area contributed by atoms with Crippen molar-refractivity contribution >= 4 is 40.3 Å². The highest BCUT2D eigenvalue weighted by molar-refractivity contribution is 6.32. The number of phenols is 1. The van der Waals surface area contributed by atoms with Crippen molar-refractivity contribution in [2.75, 3.05) is 0 Å². The lowest BCUT2D eigenvalue weighted by molar-refractivity contribution is -0.384. The minimum absolute atomic E-state index is 0.0291. The molecule has 0 aromatic heterocycles. The minimum atomic E-state index is -0.608. The van der Waals surface area contributed by atoms with Crippen molar-refractivity contribution in [3.8, 4) is 5.75 Å². The molecule has 0 bridgehead atoms. The van der Waals surface area contributed by atoms with Crippen LogP contribution in [-0.4, -0.2) is 10.0 Å². The summed E-state index contributed by atoms with van der Waals surface area (Å²) in [4.78, 5) is 10.3. The number of phenolic OH excluding ortho intramolecular Hbond substituents is 1. The van der Waals surface area contributed by atoms with Gasteiger partial charge in [0.15, 0.2) is 11.4 Å². The number of benzene rings is 2. The molecule has 0 amide bonds. The van der Waals surface area contributed by atoms with E-state index in [0.717, 1.165) is 5.56 Å². The first-order valence-electron chi connectivity index (χ1n) is 5.73. The Morgan fingerprint density at radius 1 is 1.14 bits per heavy atom. The predicted octanol–water partition coefficient (Wildman–Crippen LogP) is 5.33. The van der Waals surface area contributed by atoms with Crippen LogP contribution in [-0.2, 0) is 0 Å². The van der Waals surface area contributed by atoms with Gasteiger partial charge in [-0.1, -0.05) is 23.2 Å². The second-order valence-electron chi connectivity index (χ2n) is 4.20. The number of aromatic hydroxyl groups is 1. The maximum Gasteiger partial charge on any atom is 0.298 e. The standard InChI is InChI=1S/C13H9Cl2N3O3/c1-7-4-9(15)13(19)11(5-7)17-16-10-3-2-8(14)6-12(10)18(20)21/h2-6,19H,1H3/b17-16+. The molecular weight excluding hydrogens is 317 g/mol. The van der Waals surface area contributed by atoms with E-state index < -0.39 is 4.92 Å². The van der Waals surface area contributed by atoms with Crippen LogP contribution in [0.4, 0.5) is 17.1 Å². The Balaban J connectivity index is 2.45. The summed E-state index contributed by atoms with van der Waals surface area (Å²) in [6.07, 6.45) is 0. The summed E-state index contributed by atoms with van der Waals surface area (Å²) in [6, 6.07) is 7.15. The number of nitrogens with zero attached hydrogens (tertiary/aromatic N) is 3. The number of halogens is 2. The van der Waals surface area contributed by atoms with Gasteiger partial charge in [-0.05, 0) is 36.8 Å². The third-order valence-electron chi connectivity index (χ3n) is 2.59. The summed E-state index contributed by atoms with van der Waals surface area (Å²) in [5.74, 6) is -0.234. The highest BCUT2D eigenvalue weighted by Gasteiger charge is 2.14. The van der Waals surface area contributed by atoms with Crippen LogP contribution < -0.4 is 0 Å². The second kappa shape index (κ2) is 6.07. The largest absolute Gasteiger partial charge is 0.504 e. The fourth-order valence-electron chi connectivity index (χ4n) is 1.63. The summed E-state index contributed by atoms with van der Waals surface area (Å²) in [5.41, 5.74) is 0.660. The van der Waals surface area contributed by atoms with Gasteiger partial charge in [-0.3, -0.25) is 10.1 Å². The zero-order valence-corrected chi connectivity index (χ0v) is 12.3. The van der Waals surface area contributed by atoms with Crippen molar-refractivity contribution in [1.29, 1.82) is 0 Å². The van der Waals surface area contributed by atoms with E-state index in [9.17, 15) is 15.2 Å². The van der Waals surface area contributed by atoms with E-state index in [4.69, 9.17) is 23.2 Å². The lowest BCUT2D eigenvalue weighted by atomic mass is 10.2. The third-order valence-corrected chi connectivity index (χ3v) is 3.11. The number of hydrogen-bond donors (Lipinski definition) is 1. The van der Waals surface area contributed by atoms with Crippen LogP contribution in [0.2, 0.25) is 10.0 Å². The summed E-state index contributed by atoms with van der Waals surface area (Å²) in [6.45, 7) is 1.77. The van der Waals surface area contributed by atoms with Crippen molar-refractivity contribution in [3.05, 3.63) is 56.1 Å². The Bertz CT molecular complexity index is 748. The lowest BCUT2D eigenvalue weighted by Crippen LogP contribution is -1.87. The van der Waals surface area contributed by atoms with Crippen LogP contribution in [0.25, 0.3) is 0 Å². The number of nitro benzene ring substituents is 1. The van der Waals surface area contributed by atoms with Crippen molar-refractivity contribution in [3.63, 3.8) is 0 Å². The first-order valence-corrected chi connectivity index (χ1v) is 6.49. The van der Waals surface area contributed by atoms with Crippen molar-refractivity contribution in [1.82, 2.24) is 0 Å². The number of hydrogen-bond acceptors (Lipinski definition) is 5. The molecule has 6 nitrogen and oxygen atoms in total. The molecule has 0 aliphatic carbocycles. The molecule has 0 atom stereocenters. The smallest absolute Gasteiger partial charge is 0.298 e. The average molecular weight is 326 g/mol. The highest BCUT2D eigenvalue weighted by atomic mass is 35.5. The fraction of sp³-hybridized carbons (Fsp3) is 0.0769. The van der Waals surface area contributed by atoms with Gasteiger partial charge in [0.2, 0.25) is 0 Å². The Morgan fingerprint density at radius 2 is 1.81 bits per heavy atom. The molecule has 0 aliphatic heterocycles. The summed E-state index contributed by atoms with van der Waals surface area (Å²) < 4.78 is 0. The molecule has 0 fully saturated rings. The van der Waals surface area contributed by atoms with E-state index in [1.807, 2.05) is 0 Å². The molecule has 0 heterocycles. The monoisotopic (exact) mass is 325 g/mol. The lowest BCUT2D eigenvalue weighted by Gasteiger charge is -2.02. The zero-order chi connectivity index (χ0) is 15.6. The molecule has 0 saturated carbocycles. The van der Waals surface area contributed by atoms with E-state index in [-0.39, 0.29) is 32.9 Å². The molecule has 0 spiro atoms. The molecule has 21 heavy (non-hydrogen) atoms. The predicted molar refractivity (Wildman–Crippen MR) is 80.1 cm³/mol. The van der Waals surface area contributed by atoms with Gasteiger partial charge < -0.3 is 5.11 Å². The van der Waals surface area contributed by atoms with Crippen LogP contribution in [0.5, 0.6) is 5.75 Å². The molecule has 2 aromatic rings. The molecule has 0 radical (unpaired) electrons. The van der Waals surface area contributed by atoms with Gasteiger partial charge in [0.1, 0.15) is 5.69 Å². The Labute approximate surface area is 129 Å². The maximum atomic E-state index is 10.9. The second-order valence-corrected chi connectivity index (χ2v) is 5.05.